The number of aliphatic hydroxyl groups excluding tert-OH is 1. The molecule has 0 saturated carbocycles. The molecule has 0 spiro atoms. The van der Waals surface area contributed by atoms with Gasteiger partial charge in [0.15, 0.2) is 6.29 Å². The average molecular weight is 256 g/mol. The predicted octanol–water partition coefficient (Wildman–Crippen LogP) is 1.89. The number of rotatable bonds is 6. The van der Waals surface area contributed by atoms with Gasteiger partial charge in [-0.25, -0.2) is 4.98 Å². The van der Waals surface area contributed by atoms with E-state index in [0.29, 0.717) is 24.5 Å². The van der Waals surface area contributed by atoms with Crippen LogP contribution in [0.3, 0.4) is 0 Å². The number of carbonyl (C=O) groups excluding carboxylic acids is 1. The molecule has 0 radical (unpaired) electrons. The van der Waals surface area contributed by atoms with Crippen molar-refractivity contribution in [2.45, 2.75) is 6.54 Å². The normalized spacial score (nSPS) is 10.2. The fraction of sp³-hybridized carbons (Fsp3) is 0.200. The molecule has 2 aromatic rings. The first kappa shape index (κ1) is 13.2. The Morgan fingerprint density at radius 3 is 2.63 bits per heavy atom. The van der Waals surface area contributed by atoms with Gasteiger partial charge in [-0.3, -0.25) is 4.79 Å². The highest BCUT2D eigenvalue weighted by molar-refractivity contribution is 5.82. The lowest BCUT2D eigenvalue weighted by molar-refractivity contribution is 0.112. The molecule has 4 heteroatoms. The molecule has 0 unspecified atom stereocenters. The molecule has 19 heavy (non-hydrogen) atoms. The van der Waals surface area contributed by atoms with Crippen molar-refractivity contribution >= 4 is 12.1 Å². The molecule has 0 fully saturated rings. The van der Waals surface area contributed by atoms with E-state index in [0.717, 1.165) is 11.8 Å². The third-order valence-corrected chi connectivity index (χ3v) is 2.83. The number of pyridine rings is 1. The van der Waals surface area contributed by atoms with Crippen molar-refractivity contribution in [2.75, 3.05) is 18.1 Å². The fourth-order valence-electron chi connectivity index (χ4n) is 1.95. The molecule has 0 aliphatic carbocycles. The topological polar surface area (TPSA) is 53.4 Å². The predicted molar refractivity (Wildman–Crippen MR) is 74.2 cm³/mol. The zero-order valence-corrected chi connectivity index (χ0v) is 10.6. The van der Waals surface area contributed by atoms with Crippen LogP contribution in [0.25, 0.3) is 0 Å². The van der Waals surface area contributed by atoms with Crippen LogP contribution < -0.4 is 4.90 Å². The SMILES string of the molecule is O=Cc1cccnc1N(CCO)Cc1ccccc1. The molecular weight excluding hydrogens is 240 g/mol. The lowest BCUT2D eigenvalue weighted by Crippen LogP contribution is -2.28. The molecule has 1 heterocycles. The van der Waals surface area contributed by atoms with E-state index in [1.165, 1.54) is 0 Å². The summed E-state index contributed by atoms with van der Waals surface area (Å²) in [7, 11) is 0. The van der Waals surface area contributed by atoms with Gasteiger partial charge < -0.3 is 10.0 Å². The number of hydrogen-bond donors (Lipinski definition) is 1. The monoisotopic (exact) mass is 256 g/mol. The number of aldehydes is 1. The van der Waals surface area contributed by atoms with Crippen LogP contribution in [0.5, 0.6) is 0 Å². The van der Waals surface area contributed by atoms with Crippen LogP contribution in [-0.4, -0.2) is 29.5 Å². The Bertz CT molecular complexity index is 529. The first-order valence-corrected chi connectivity index (χ1v) is 6.15. The number of benzene rings is 1. The van der Waals surface area contributed by atoms with E-state index in [1.54, 1.807) is 18.3 Å². The lowest BCUT2D eigenvalue weighted by Gasteiger charge is -2.24. The summed E-state index contributed by atoms with van der Waals surface area (Å²) in [6, 6.07) is 13.4. The molecule has 2 rings (SSSR count). The van der Waals surface area contributed by atoms with E-state index >= 15 is 0 Å². The Hall–Kier alpha value is -2.20. The number of nitrogens with zero attached hydrogens (tertiary/aromatic N) is 2. The number of aliphatic hydroxyl groups is 1. The van der Waals surface area contributed by atoms with Crippen LogP contribution in [0.15, 0.2) is 48.7 Å². The van der Waals surface area contributed by atoms with E-state index in [1.807, 2.05) is 35.2 Å². The molecule has 0 amide bonds. The minimum absolute atomic E-state index is 0.0156. The van der Waals surface area contributed by atoms with Gasteiger partial charge in [0.05, 0.1) is 12.2 Å². The molecule has 4 nitrogen and oxygen atoms in total. The summed E-state index contributed by atoms with van der Waals surface area (Å²) in [5, 5.41) is 9.18. The third kappa shape index (κ3) is 3.39. The van der Waals surface area contributed by atoms with E-state index in [-0.39, 0.29) is 6.61 Å². The first-order chi connectivity index (χ1) is 9.35. The number of carbonyl (C=O) groups is 1. The molecular formula is C15H16N2O2. The van der Waals surface area contributed by atoms with E-state index in [9.17, 15) is 9.90 Å². The Balaban J connectivity index is 2.27. The second-order valence-electron chi connectivity index (χ2n) is 4.16. The number of hydrogen-bond acceptors (Lipinski definition) is 4. The van der Waals surface area contributed by atoms with Gasteiger partial charge in [-0.2, -0.15) is 0 Å². The van der Waals surface area contributed by atoms with Gasteiger partial charge in [0.25, 0.3) is 0 Å². The van der Waals surface area contributed by atoms with Crippen molar-refractivity contribution in [3.63, 3.8) is 0 Å². The molecule has 0 atom stereocenters. The maximum absolute atomic E-state index is 11.1. The molecule has 0 aliphatic rings. The second kappa shape index (κ2) is 6.66. The summed E-state index contributed by atoms with van der Waals surface area (Å²) < 4.78 is 0. The van der Waals surface area contributed by atoms with E-state index in [2.05, 4.69) is 4.98 Å². The summed E-state index contributed by atoms with van der Waals surface area (Å²) in [6.45, 7) is 1.06. The van der Waals surface area contributed by atoms with Gasteiger partial charge >= 0.3 is 0 Å². The molecule has 1 N–H and O–H groups in total. The molecule has 98 valence electrons. The van der Waals surface area contributed by atoms with E-state index in [4.69, 9.17) is 0 Å². The zero-order valence-electron chi connectivity index (χ0n) is 10.6. The standard InChI is InChI=1S/C15H16N2O2/c18-10-9-17(11-13-5-2-1-3-6-13)15-14(12-19)7-4-8-16-15/h1-8,12,18H,9-11H2. The summed E-state index contributed by atoms with van der Waals surface area (Å²) in [5.41, 5.74) is 1.64. The van der Waals surface area contributed by atoms with E-state index < -0.39 is 0 Å². The third-order valence-electron chi connectivity index (χ3n) is 2.83. The maximum Gasteiger partial charge on any atom is 0.153 e. The quantitative estimate of drug-likeness (QED) is 0.802. The van der Waals surface area contributed by atoms with Crippen LogP contribution in [0.1, 0.15) is 15.9 Å². The van der Waals surface area contributed by atoms with Gasteiger partial charge in [0.2, 0.25) is 0 Å². The highest BCUT2D eigenvalue weighted by Gasteiger charge is 2.12. The fourth-order valence-corrected chi connectivity index (χ4v) is 1.95. The van der Waals surface area contributed by atoms with Gasteiger partial charge in [0, 0.05) is 19.3 Å². The lowest BCUT2D eigenvalue weighted by atomic mass is 10.2. The highest BCUT2D eigenvalue weighted by Crippen LogP contribution is 2.17. The Morgan fingerprint density at radius 1 is 1.16 bits per heavy atom. The van der Waals surface area contributed by atoms with Crippen LogP contribution in [0.4, 0.5) is 5.82 Å². The van der Waals surface area contributed by atoms with Gasteiger partial charge in [0.1, 0.15) is 5.82 Å². The van der Waals surface area contributed by atoms with Gasteiger partial charge in [-0.15, -0.1) is 0 Å². The number of anilines is 1. The van der Waals surface area contributed by atoms with Crippen LogP contribution >= 0.6 is 0 Å². The smallest absolute Gasteiger partial charge is 0.153 e. The zero-order chi connectivity index (χ0) is 13.5. The van der Waals surface area contributed by atoms with Crippen molar-refractivity contribution in [1.29, 1.82) is 0 Å². The summed E-state index contributed by atoms with van der Waals surface area (Å²) in [6.07, 6.45) is 2.44. The Kier molecular flexibility index (Phi) is 4.64. The highest BCUT2D eigenvalue weighted by atomic mass is 16.3. The van der Waals surface area contributed by atoms with Crippen molar-refractivity contribution in [3.8, 4) is 0 Å². The summed E-state index contributed by atoms with van der Waals surface area (Å²) >= 11 is 0. The molecule has 0 bridgehead atoms. The van der Waals surface area contributed by atoms with Crippen molar-refractivity contribution in [2.24, 2.45) is 0 Å². The van der Waals surface area contributed by atoms with Crippen LogP contribution in [0.2, 0.25) is 0 Å². The van der Waals surface area contributed by atoms with Crippen molar-refractivity contribution < 1.29 is 9.90 Å². The largest absolute Gasteiger partial charge is 0.395 e. The number of aromatic nitrogens is 1. The average Bonchev–Trinajstić information content (AvgIpc) is 2.48. The van der Waals surface area contributed by atoms with Crippen molar-refractivity contribution in [3.05, 3.63) is 59.8 Å². The molecule has 1 aromatic heterocycles. The van der Waals surface area contributed by atoms with Crippen molar-refractivity contribution in [1.82, 2.24) is 4.98 Å². The molecule has 1 aromatic carbocycles. The Morgan fingerprint density at radius 2 is 1.95 bits per heavy atom. The maximum atomic E-state index is 11.1. The minimum atomic E-state index is 0.0156. The molecule has 0 aliphatic heterocycles. The molecule has 0 saturated heterocycles. The summed E-state index contributed by atoms with van der Waals surface area (Å²) in [5.74, 6) is 0.607. The first-order valence-electron chi connectivity index (χ1n) is 6.15. The van der Waals surface area contributed by atoms with Crippen LogP contribution in [-0.2, 0) is 6.54 Å². The second-order valence-corrected chi connectivity index (χ2v) is 4.16. The van der Waals surface area contributed by atoms with Gasteiger partial charge in [-0.1, -0.05) is 30.3 Å². The Labute approximate surface area is 112 Å². The van der Waals surface area contributed by atoms with Crippen LogP contribution in [0, 0.1) is 0 Å². The van der Waals surface area contributed by atoms with Gasteiger partial charge in [-0.05, 0) is 17.7 Å². The minimum Gasteiger partial charge on any atom is -0.395 e. The summed E-state index contributed by atoms with van der Waals surface area (Å²) in [4.78, 5) is 17.2.